The van der Waals surface area contributed by atoms with E-state index >= 15 is 0 Å². The van der Waals surface area contributed by atoms with E-state index in [-0.39, 0.29) is 6.61 Å². The topological polar surface area (TPSA) is 50.9 Å². The van der Waals surface area contributed by atoms with Gasteiger partial charge < -0.3 is 9.67 Å². The molecule has 0 amide bonds. The standard InChI is InChI=1S/C17H20ClN3O/c1-9(2)7-21-13(8-22)20-15-16(21)14-11(4)10(3)5-6-12(14)19-17(15)18/h5-6,9,22H,7-8H2,1-4H3. The van der Waals surface area contributed by atoms with Gasteiger partial charge in [-0.05, 0) is 37.0 Å². The van der Waals surface area contributed by atoms with Crippen molar-refractivity contribution in [2.24, 2.45) is 5.92 Å². The Kier molecular flexibility index (Phi) is 3.83. The number of hydrogen-bond donors (Lipinski definition) is 1. The van der Waals surface area contributed by atoms with E-state index in [0.717, 1.165) is 23.0 Å². The van der Waals surface area contributed by atoms with Crippen LogP contribution in [0.3, 0.4) is 0 Å². The molecule has 0 spiro atoms. The van der Waals surface area contributed by atoms with Crippen LogP contribution in [-0.2, 0) is 13.2 Å². The van der Waals surface area contributed by atoms with Crippen LogP contribution in [0.1, 0.15) is 30.8 Å². The van der Waals surface area contributed by atoms with Crippen molar-refractivity contribution in [3.8, 4) is 0 Å². The molecule has 3 aromatic rings. The van der Waals surface area contributed by atoms with Gasteiger partial charge in [0.15, 0.2) is 5.15 Å². The maximum atomic E-state index is 9.67. The quantitative estimate of drug-likeness (QED) is 0.743. The van der Waals surface area contributed by atoms with E-state index in [1.807, 2.05) is 6.07 Å². The van der Waals surface area contributed by atoms with Crippen LogP contribution in [0.4, 0.5) is 0 Å². The number of hydrogen-bond acceptors (Lipinski definition) is 3. The fraction of sp³-hybridized carbons (Fsp3) is 0.412. The van der Waals surface area contributed by atoms with E-state index in [1.165, 1.54) is 11.1 Å². The maximum absolute atomic E-state index is 9.67. The van der Waals surface area contributed by atoms with Gasteiger partial charge in [-0.1, -0.05) is 31.5 Å². The number of benzene rings is 1. The summed E-state index contributed by atoms with van der Waals surface area (Å²) in [4.78, 5) is 9.00. The van der Waals surface area contributed by atoms with Gasteiger partial charge in [-0.15, -0.1) is 0 Å². The van der Waals surface area contributed by atoms with Crippen LogP contribution in [0.15, 0.2) is 12.1 Å². The van der Waals surface area contributed by atoms with E-state index < -0.39 is 0 Å². The molecule has 0 radical (unpaired) electrons. The monoisotopic (exact) mass is 317 g/mol. The number of fused-ring (bicyclic) bond motifs is 3. The van der Waals surface area contributed by atoms with Crippen molar-refractivity contribution in [1.82, 2.24) is 14.5 Å². The first kappa shape index (κ1) is 15.3. The summed E-state index contributed by atoms with van der Waals surface area (Å²) in [6.45, 7) is 9.16. The minimum Gasteiger partial charge on any atom is -0.388 e. The largest absolute Gasteiger partial charge is 0.388 e. The highest BCUT2D eigenvalue weighted by atomic mass is 35.5. The molecule has 0 aliphatic rings. The summed E-state index contributed by atoms with van der Waals surface area (Å²) in [5, 5.41) is 11.1. The molecule has 0 aliphatic heterocycles. The molecule has 22 heavy (non-hydrogen) atoms. The Labute approximate surface area is 134 Å². The molecule has 0 atom stereocenters. The first-order valence-corrected chi connectivity index (χ1v) is 7.87. The number of aliphatic hydroxyl groups is 1. The lowest BCUT2D eigenvalue weighted by molar-refractivity contribution is 0.264. The number of aromatic nitrogens is 3. The van der Waals surface area contributed by atoms with Crippen molar-refractivity contribution in [2.75, 3.05) is 0 Å². The number of nitrogens with zero attached hydrogens (tertiary/aromatic N) is 3. The number of pyridine rings is 1. The highest BCUT2D eigenvalue weighted by Gasteiger charge is 2.19. The van der Waals surface area contributed by atoms with Crippen LogP contribution in [0.25, 0.3) is 21.9 Å². The van der Waals surface area contributed by atoms with Crippen molar-refractivity contribution >= 4 is 33.5 Å². The Balaban J connectivity index is 2.53. The fourth-order valence-corrected chi connectivity index (χ4v) is 3.15. The molecular formula is C17H20ClN3O. The lowest BCUT2D eigenvalue weighted by atomic mass is 10.0. The normalized spacial score (nSPS) is 12.0. The summed E-state index contributed by atoms with van der Waals surface area (Å²) in [6, 6.07) is 4.05. The highest BCUT2D eigenvalue weighted by molar-refractivity contribution is 6.35. The van der Waals surface area contributed by atoms with Gasteiger partial charge >= 0.3 is 0 Å². The molecule has 0 saturated heterocycles. The summed E-state index contributed by atoms with van der Waals surface area (Å²) in [6.07, 6.45) is 0. The molecule has 0 unspecified atom stereocenters. The molecule has 1 N–H and O–H groups in total. The zero-order chi connectivity index (χ0) is 16.0. The number of halogens is 1. The smallest absolute Gasteiger partial charge is 0.157 e. The van der Waals surface area contributed by atoms with Crippen LogP contribution in [0.2, 0.25) is 5.15 Å². The average molecular weight is 318 g/mol. The summed E-state index contributed by atoms with van der Waals surface area (Å²) in [7, 11) is 0. The van der Waals surface area contributed by atoms with Crippen LogP contribution >= 0.6 is 11.6 Å². The third kappa shape index (κ3) is 2.27. The van der Waals surface area contributed by atoms with Crippen LogP contribution in [0, 0.1) is 19.8 Å². The first-order valence-electron chi connectivity index (χ1n) is 7.49. The van der Waals surface area contributed by atoms with E-state index in [2.05, 4.69) is 48.3 Å². The molecule has 1 aromatic carbocycles. The van der Waals surface area contributed by atoms with Crippen LogP contribution < -0.4 is 0 Å². The minimum absolute atomic E-state index is 0.107. The van der Waals surface area contributed by atoms with Crippen molar-refractivity contribution < 1.29 is 5.11 Å². The Morgan fingerprint density at radius 2 is 1.95 bits per heavy atom. The SMILES string of the molecule is Cc1ccc2nc(Cl)c3nc(CO)n(CC(C)C)c3c2c1C. The molecule has 0 bridgehead atoms. The van der Waals surface area contributed by atoms with Gasteiger partial charge in [0, 0.05) is 11.9 Å². The highest BCUT2D eigenvalue weighted by Crippen LogP contribution is 2.33. The summed E-state index contributed by atoms with van der Waals surface area (Å²) >= 11 is 6.34. The maximum Gasteiger partial charge on any atom is 0.157 e. The molecule has 3 rings (SSSR count). The molecule has 4 nitrogen and oxygen atoms in total. The van der Waals surface area contributed by atoms with Crippen molar-refractivity contribution in [3.63, 3.8) is 0 Å². The zero-order valence-corrected chi connectivity index (χ0v) is 14.1. The molecule has 116 valence electrons. The lowest BCUT2D eigenvalue weighted by Gasteiger charge is -2.14. The van der Waals surface area contributed by atoms with Gasteiger partial charge in [0.05, 0.1) is 11.0 Å². The van der Waals surface area contributed by atoms with Crippen LogP contribution in [-0.4, -0.2) is 19.6 Å². The van der Waals surface area contributed by atoms with E-state index in [0.29, 0.717) is 22.4 Å². The number of imidazole rings is 1. The second kappa shape index (κ2) is 5.52. The molecule has 2 heterocycles. The summed E-state index contributed by atoms with van der Waals surface area (Å²) in [5.74, 6) is 1.08. The van der Waals surface area contributed by atoms with Crippen molar-refractivity contribution in [1.29, 1.82) is 0 Å². The molecule has 2 aromatic heterocycles. The van der Waals surface area contributed by atoms with Gasteiger partial charge in [-0.25, -0.2) is 9.97 Å². The predicted octanol–water partition coefficient (Wildman–Crippen LogP) is 4.00. The van der Waals surface area contributed by atoms with Crippen molar-refractivity contribution in [2.45, 2.75) is 40.8 Å². The molecular weight excluding hydrogens is 298 g/mol. The van der Waals surface area contributed by atoms with Gasteiger partial charge in [0.2, 0.25) is 0 Å². The summed E-state index contributed by atoms with van der Waals surface area (Å²) < 4.78 is 2.09. The third-order valence-electron chi connectivity index (χ3n) is 4.10. The number of rotatable bonds is 3. The minimum atomic E-state index is -0.107. The van der Waals surface area contributed by atoms with Crippen molar-refractivity contribution in [3.05, 3.63) is 34.2 Å². The fourth-order valence-electron chi connectivity index (χ4n) is 2.93. The Morgan fingerprint density at radius 3 is 2.59 bits per heavy atom. The number of aryl methyl sites for hydroxylation is 2. The molecule has 0 fully saturated rings. The van der Waals surface area contributed by atoms with Gasteiger partial charge in [0.1, 0.15) is 17.9 Å². The Hall–Kier alpha value is -1.65. The first-order chi connectivity index (χ1) is 10.4. The van der Waals surface area contributed by atoms with Gasteiger partial charge in [-0.2, -0.15) is 0 Å². The van der Waals surface area contributed by atoms with Crippen LogP contribution in [0.5, 0.6) is 0 Å². The van der Waals surface area contributed by atoms with E-state index in [4.69, 9.17) is 11.6 Å². The van der Waals surface area contributed by atoms with Gasteiger partial charge in [0.25, 0.3) is 0 Å². The zero-order valence-electron chi connectivity index (χ0n) is 13.3. The average Bonchev–Trinajstić information content (AvgIpc) is 2.82. The molecule has 0 saturated carbocycles. The van der Waals surface area contributed by atoms with E-state index in [9.17, 15) is 5.11 Å². The predicted molar refractivity (Wildman–Crippen MR) is 90.3 cm³/mol. The van der Waals surface area contributed by atoms with Gasteiger partial charge in [-0.3, -0.25) is 0 Å². The second-order valence-corrected chi connectivity index (χ2v) is 6.55. The molecule has 0 aliphatic carbocycles. The summed E-state index contributed by atoms with van der Waals surface area (Å²) in [5.41, 5.74) is 4.92. The number of aliphatic hydroxyl groups excluding tert-OH is 1. The molecule has 5 heteroatoms. The lowest BCUT2D eigenvalue weighted by Crippen LogP contribution is -2.09. The Morgan fingerprint density at radius 1 is 1.23 bits per heavy atom. The van der Waals surface area contributed by atoms with E-state index in [1.54, 1.807) is 0 Å². The third-order valence-corrected chi connectivity index (χ3v) is 4.36. The Bertz CT molecular complexity index is 868. The second-order valence-electron chi connectivity index (χ2n) is 6.19.